The molecule has 3 rings (SSSR count). The van der Waals surface area contributed by atoms with E-state index in [1.165, 1.54) is 6.42 Å². The fourth-order valence-electron chi connectivity index (χ4n) is 2.96. The van der Waals surface area contributed by atoms with Crippen LogP contribution in [-0.2, 0) is 4.79 Å². The highest BCUT2D eigenvalue weighted by atomic mass is 35.5. The fraction of sp³-hybridized carbons (Fsp3) is 0.500. The smallest absolute Gasteiger partial charge is 0.243 e. The summed E-state index contributed by atoms with van der Waals surface area (Å²) >= 11 is 1.54. The third-order valence-electron chi connectivity index (χ3n) is 3.95. The lowest BCUT2D eigenvalue weighted by Crippen LogP contribution is -2.47. The van der Waals surface area contributed by atoms with E-state index in [0.29, 0.717) is 5.13 Å². The topological polar surface area (TPSA) is 45.2 Å². The van der Waals surface area contributed by atoms with Gasteiger partial charge in [0.15, 0.2) is 5.13 Å². The summed E-state index contributed by atoms with van der Waals surface area (Å²) in [6, 6.07) is 7.98. The molecule has 1 atom stereocenters. The highest BCUT2D eigenvalue weighted by molar-refractivity contribution is 7.22. The maximum atomic E-state index is 12.5. The van der Waals surface area contributed by atoms with Crippen molar-refractivity contribution in [1.82, 2.24) is 9.88 Å². The van der Waals surface area contributed by atoms with Crippen LogP contribution < -0.4 is 5.32 Å². The zero-order chi connectivity index (χ0) is 14.7. The minimum absolute atomic E-state index is 0. The predicted molar refractivity (Wildman–Crippen MR) is 95.0 cm³/mol. The summed E-state index contributed by atoms with van der Waals surface area (Å²) in [5, 5.41) is 3.73. The first-order valence-electron chi connectivity index (χ1n) is 7.68. The molecule has 120 valence electrons. The van der Waals surface area contributed by atoms with Crippen molar-refractivity contribution in [2.45, 2.75) is 38.6 Å². The average molecular weight is 340 g/mol. The largest absolute Gasteiger partial charge is 0.301 e. The first kappa shape index (κ1) is 17.2. The number of thiazole rings is 1. The normalized spacial score (nSPS) is 18.9. The number of likely N-dealkylation sites (tertiary alicyclic amines) is 1. The Labute approximate surface area is 141 Å². The van der Waals surface area contributed by atoms with Crippen molar-refractivity contribution in [3.63, 3.8) is 0 Å². The number of carbonyl (C=O) groups is 1. The molecule has 0 aliphatic carbocycles. The second kappa shape index (κ2) is 7.90. The molecule has 1 unspecified atom stereocenters. The number of amides is 1. The lowest BCUT2D eigenvalue weighted by molar-refractivity contribution is -0.122. The molecule has 6 heteroatoms. The Morgan fingerprint density at radius 3 is 3.00 bits per heavy atom. The lowest BCUT2D eigenvalue weighted by atomic mass is 10.0. The summed E-state index contributed by atoms with van der Waals surface area (Å²) in [5.74, 6) is 0.0993. The fourth-order valence-corrected chi connectivity index (χ4v) is 3.83. The van der Waals surface area contributed by atoms with E-state index in [4.69, 9.17) is 0 Å². The molecule has 4 nitrogen and oxygen atoms in total. The second-order valence-corrected chi connectivity index (χ2v) is 6.55. The Bertz CT molecular complexity index is 596. The minimum atomic E-state index is 0. The molecule has 1 aliphatic heterocycles. The quantitative estimate of drug-likeness (QED) is 0.918. The number of para-hydroxylation sites is 1. The van der Waals surface area contributed by atoms with Gasteiger partial charge < -0.3 is 5.32 Å². The summed E-state index contributed by atoms with van der Waals surface area (Å²) in [6.07, 6.45) is 4.38. The number of carbonyl (C=O) groups excluding carboxylic acids is 1. The van der Waals surface area contributed by atoms with Gasteiger partial charge in [0.25, 0.3) is 0 Å². The van der Waals surface area contributed by atoms with Gasteiger partial charge in [0.2, 0.25) is 5.91 Å². The van der Waals surface area contributed by atoms with Crippen molar-refractivity contribution in [1.29, 1.82) is 0 Å². The number of anilines is 1. The number of hydrogen-bond donors (Lipinski definition) is 1. The third kappa shape index (κ3) is 3.77. The van der Waals surface area contributed by atoms with Crippen LogP contribution in [0.3, 0.4) is 0 Å². The van der Waals surface area contributed by atoms with E-state index in [2.05, 4.69) is 22.1 Å². The molecule has 1 aromatic carbocycles. The summed E-state index contributed by atoms with van der Waals surface area (Å²) < 4.78 is 1.11. The molecule has 1 aliphatic rings. The van der Waals surface area contributed by atoms with Crippen LogP contribution in [0, 0.1) is 0 Å². The number of piperidine rings is 1. The molecule has 0 saturated carbocycles. The maximum absolute atomic E-state index is 12.5. The van der Waals surface area contributed by atoms with Gasteiger partial charge in [-0.2, -0.15) is 0 Å². The van der Waals surface area contributed by atoms with Gasteiger partial charge in [-0.3, -0.25) is 9.69 Å². The number of halogens is 1. The van der Waals surface area contributed by atoms with Crippen LogP contribution >= 0.6 is 23.7 Å². The Morgan fingerprint density at radius 1 is 1.41 bits per heavy atom. The first-order valence-corrected chi connectivity index (χ1v) is 8.50. The Kier molecular flexibility index (Phi) is 6.17. The van der Waals surface area contributed by atoms with E-state index in [0.717, 1.165) is 42.6 Å². The van der Waals surface area contributed by atoms with E-state index in [1.807, 2.05) is 24.3 Å². The Hall–Kier alpha value is -1.17. The van der Waals surface area contributed by atoms with E-state index in [9.17, 15) is 4.79 Å². The Morgan fingerprint density at radius 2 is 2.23 bits per heavy atom. The molecule has 0 radical (unpaired) electrons. The van der Waals surface area contributed by atoms with E-state index >= 15 is 0 Å². The van der Waals surface area contributed by atoms with Crippen LogP contribution in [-0.4, -0.2) is 34.9 Å². The van der Waals surface area contributed by atoms with Gasteiger partial charge in [-0.25, -0.2) is 4.98 Å². The van der Waals surface area contributed by atoms with Crippen molar-refractivity contribution in [2.75, 3.05) is 18.4 Å². The first-order chi connectivity index (χ1) is 10.3. The van der Waals surface area contributed by atoms with Gasteiger partial charge in [0.05, 0.1) is 16.3 Å². The molecule has 1 saturated heterocycles. The van der Waals surface area contributed by atoms with Crippen LogP contribution in [0.1, 0.15) is 32.6 Å². The van der Waals surface area contributed by atoms with Gasteiger partial charge in [-0.15, -0.1) is 12.4 Å². The maximum Gasteiger partial charge on any atom is 0.243 e. The molecular weight excluding hydrogens is 318 g/mol. The van der Waals surface area contributed by atoms with Crippen LogP contribution in [0.5, 0.6) is 0 Å². The van der Waals surface area contributed by atoms with Gasteiger partial charge in [-0.05, 0) is 44.5 Å². The molecule has 1 aromatic heterocycles. The monoisotopic (exact) mass is 339 g/mol. The van der Waals surface area contributed by atoms with Gasteiger partial charge in [0.1, 0.15) is 0 Å². The number of nitrogens with zero attached hydrogens (tertiary/aromatic N) is 2. The molecule has 0 spiro atoms. The zero-order valence-corrected chi connectivity index (χ0v) is 14.4. The van der Waals surface area contributed by atoms with Gasteiger partial charge in [-0.1, -0.05) is 36.8 Å². The van der Waals surface area contributed by atoms with E-state index in [1.54, 1.807) is 11.3 Å². The number of benzene rings is 1. The summed E-state index contributed by atoms with van der Waals surface area (Å²) in [6.45, 7) is 4.20. The summed E-state index contributed by atoms with van der Waals surface area (Å²) in [5.41, 5.74) is 0.951. The number of fused-ring (bicyclic) bond motifs is 1. The van der Waals surface area contributed by atoms with Gasteiger partial charge >= 0.3 is 0 Å². The van der Waals surface area contributed by atoms with Crippen molar-refractivity contribution in [3.8, 4) is 0 Å². The Balaban J connectivity index is 0.00000176. The van der Waals surface area contributed by atoms with Crippen molar-refractivity contribution < 1.29 is 4.79 Å². The highest BCUT2D eigenvalue weighted by Crippen LogP contribution is 2.26. The summed E-state index contributed by atoms with van der Waals surface area (Å²) in [7, 11) is 0. The zero-order valence-electron chi connectivity index (χ0n) is 12.7. The number of hydrogen-bond acceptors (Lipinski definition) is 4. The van der Waals surface area contributed by atoms with Crippen LogP contribution in [0.15, 0.2) is 24.3 Å². The molecule has 1 amide bonds. The van der Waals surface area contributed by atoms with Crippen LogP contribution in [0.25, 0.3) is 10.2 Å². The molecule has 1 fully saturated rings. The SMILES string of the molecule is CCCN1CCCCC1C(=O)Nc1nc2ccccc2s1.Cl. The number of aromatic nitrogens is 1. The second-order valence-electron chi connectivity index (χ2n) is 5.52. The van der Waals surface area contributed by atoms with Crippen LogP contribution in [0.2, 0.25) is 0 Å². The van der Waals surface area contributed by atoms with Crippen molar-refractivity contribution >= 4 is 45.0 Å². The van der Waals surface area contributed by atoms with Crippen molar-refractivity contribution in [3.05, 3.63) is 24.3 Å². The minimum Gasteiger partial charge on any atom is -0.301 e. The van der Waals surface area contributed by atoms with Crippen LogP contribution in [0.4, 0.5) is 5.13 Å². The standard InChI is InChI=1S/C16H21N3OS.ClH/c1-2-10-19-11-6-5-8-13(19)15(20)18-16-17-12-7-3-4-9-14(12)21-16;/h3-4,7,9,13H,2,5-6,8,10-11H2,1H3,(H,17,18,20);1H. The van der Waals surface area contributed by atoms with E-state index in [-0.39, 0.29) is 24.4 Å². The molecule has 0 bridgehead atoms. The lowest BCUT2D eigenvalue weighted by Gasteiger charge is -2.34. The number of nitrogens with one attached hydrogen (secondary N) is 1. The van der Waals surface area contributed by atoms with Crippen molar-refractivity contribution in [2.24, 2.45) is 0 Å². The highest BCUT2D eigenvalue weighted by Gasteiger charge is 2.28. The molecule has 2 heterocycles. The van der Waals surface area contributed by atoms with E-state index < -0.39 is 0 Å². The predicted octanol–water partition coefficient (Wildman–Crippen LogP) is 3.92. The molecule has 1 N–H and O–H groups in total. The third-order valence-corrected chi connectivity index (χ3v) is 4.90. The molecule has 22 heavy (non-hydrogen) atoms. The molecular formula is C16H22ClN3OS. The summed E-state index contributed by atoms with van der Waals surface area (Å²) in [4.78, 5) is 19.3. The average Bonchev–Trinajstić information content (AvgIpc) is 2.90. The molecule has 2 aromatic rings. The van der Waals surface area contributed by atoms with Gasteiger partial charge in [0, 0.05) is 0 Å². The number of rotatable bonds is 4.